The van der Waals surface area contributed by atoms with Crippen molar-refractivity contribution < 1.29 is 4.79 Å². The molecular weight excluding hydrogens is 260 g/mol. The van der Waals surface area contributed by atoms with Crippen LogP contribution in [0, 0.1) is 13.8 Å². The number of carbonyl (C=O) groups is 1. The van der Waals surface area contributed by atoms with Crippen LogP contribution in [0.15, 0.2) is 30.5 Å². The number of fused-ring (bicyclic) bond motifs is 3. The molecule has 0 atom stereocenters. The standard InChI is InChI=1S/C18H18N2O/c1-4-14(21)6-5-13-8-12(3)17-15(9-13)16-7-11(2)10-19-18(16)20-17/h5-10H,4H2,1-3H3,(H,19,20)/b6-5+. The van der Waals surface area contributed by atoms with Crippen LogP contribution < -0.4 is 0 Å². The van der Waals surface area contributed by atoms with Crippen molar-refractivity contribution >= 4 is 33.8 Å². The zero-order valence-corrected chi connectivity index (χ0v) is 12.5. The first kappa shape index (κ1) is 13.6. The number of allylic oxidation sites excluding steroid dienone is 1. The molecule has 3 heteroatoms. The van der Waals surface area contributed by atoms with E-state index in [1.54, 1.807) is 6.08 Å². The van der Waals surface area contributed by atoms with Gasteiger partial charge in [-0.05, 0) is 54.8 Å². The molecule has 0 radical (unpaired) electrons. The Morgan fingerprint density at radius 2 is 2.05 bits per heavy atom. The van der Waals surface area contributed by atoms with Gasteiger partial charge in [0.25, 0.3) is 0 Å². The van der Waals surface area contributed by atoms with Crippen LogP contribution in [-0.4, -0.2) is 15.8 Å². The van der Waals surface area contributed by atoms with E-state index in [0.717, 1.165) is 38.6 Å². The molecule has 0 unspecified atom stereocenters. The number of nitrogens with one attached hydrogen (secondary N) is 1. The molecule has 0 aliphatic heterocycles. The third-order valence-electron chi connectivity index (χ3n) is 3.73. The van der Waals surface area contributed by atoms with Gasteiger partial charge >= 0.3 is 0 Å². The third kappa shape index (κ3) is 2.47. The lowest BCUT2D eigenvalue weighted by Crippen LogP contribution is -1.87. The Hall–Kier alpha value is -2.42. The number of hydrogen-bond donors (Lipinski definition) is 1. The number of rotatable bonds is 3. The summed E-state index contributed by atoms with van der Waals surface area (Å²) >= 11 is 0. The van der Waals surface area contributed by atoms with E-state index in [-0.39, 0.29) is 5.78 Å². The van der Waals surface area contributed by atoms with Gasteiger partial charge in [0.1, 0.15) is 5.65 Å². The van der Waals surface area contributed by atoms with Gasteiger partial charge in [-0.15, -0.1) is 0 Å². The molecule has 2 heterocycles. The van der Waals surface area contributed by atoms with E-state index in [1.165, 1.54) is 0 Å². The van der Waals surface area contributed by atoms with Crippen LogP contribution in [-0.2, 0) is 4.79 Å². The Balaban J connectivity index is 2.21. The molecule has 0 aliphatic carbocycles. The summed E-state index contributed by atoms with van der Waals surface area (Å²) < 4.78 is 0. The highest BCUT2D eigenvalue weighted by Gasteiger charge is 2.08. The van der Waals surface area contributed by atoms with Gasteiger partial charge in [0, 0.05) is 23.4 Å². The first-order valence-electron chi connectivity index (χ1n) is 7.18. The number of aromatic nitrogens is 2. The van der Waals surface area contributed by atoms with E-state index in [9.17, 15) is 4.79 Å². The van der Waals surface area contributed by atoms with Crippen LogP contribution in [0.2, 0.25) is 0 Å². The van der Waals surface area contributed by atoms with Crippen molar-refractivity contribution in [3.05, 3.63) is 47.2 Å². The second-order valence-electron chi connectivity index (χ2n) is 5.45. The Bertz CT molecular complexity index is 872. The fourth-order valence-electron chi connectivity index (χ4n) is 2.59. The zero-order chi connectivity index (χ0) is 15.0. The van der Waals surface area contributed by atoms with Crippen molar-refractivity contribution in [1.29, 1.82) is 0 Å². The molecule has 0 saturated heterocycles. The van der Waals surface area contributed by atoms with Gasteiger partial charge in [-0.2, -0.15) is 0 Å². The SMILES string of the molecule is CCC(=O)/C=C/c1cc(C)c2[nH]c3ncc(C)cc3c2c1. The van der Waals surface area contributed by atoms with E-state index in [2.05, 4.69) is 35.1 Å². The number of H-pyrrole nitrogens is 1. The molecule has 0 spiro atoms. The maximum Gasteiger partial charge on any atom is 0.155 e. The fourth-order valence-corrected chi connectivity index (χ4v) is 2.59. The highest BCUT2D eigenvalue weighted by Crippen LogP contribution is 2.28. The number of aromatic amines is 1. The van der Waals surface area contributed by atoms with Crippen molar-refractivity contribution in [1.82, 2.24) is 9.97 Å². The molecule has 1 N–H and O–H groups in total. The van der Waals surface area contributed by atoms with Crippen LogP contribution in [0.1, 0.15) is 30.0 Å². The number of nitrogens with zero attached hydrogens (tertiary/aromatic N) is 1. The Kier molecular flexibility index (Phi) is 3.34. The van der Waals surface area contributed by atoms with E-state index in [4.69, 9.17) is 0 Å². The van der Waals surface area contributed by atoms with Crippen LogP contribution in [0.5, 0.6) is 0 Å². The van der Waals surface area contributed by atoms with Crippen molar-refractivity contribution in [2.45, 2.75) is 27.2 Å². The zero-order valence-electron chi connectivity index (χ0n) is 12.5. The second-order valence-corrected chi connectivity index (χ2v) is 5.45. The summed E-state index contributed by atoms with van der Waals surface area (Å²) in [5, 5.41) is 2.29. The molecule has 3 rings (SSSR count). The van der Waals surface area contributed by atoms with Gasteiger partial charge in [-0.25, -0.2) is 4.98 Å². The minimum Gasteiger partial charge on any atom is -0.339 e. The number of aryl methyl sites for hydroxylation is 2. The molecule has 2 aromatic heterocycles. The largest absolute Gasteiger partial charge is 0.339 e. The van der Waals surface area contributed by atoms with Crippen molar-refractivity contribution in [2.24, 2.45) is 0 Å². The maximum atomic E-state index is 11.4. The molecule has 0 fully saturated rings. The van der Waals surface area contributed by atoms with Gasteiger partial charge in [0.15, 0.2) is 5.78 Å². The quantitative estimate of drug-likeness (QED) is 0.725. The molecule has 0 amide bonds. The summed E-state index contributed by atoms with van der Waals surface area (Å²) in [6, 6.07) is 6.34. The number of benzene rings is 1. The molecular formula is C18H18N2O. The first-order valence-corrected chi connectivity index (χ1v) is 7.18. The summed E-state index contributed by atoms with van der Waals surface area (Å²) in [5.41, 5.74) is 5.37. The fraction of sp³-hybridized carbons (Fsp3) is 0.222. The highest BCUT2D eigenvalue weighted by atomic mass is 16.1. The summed E-state index contributed by atoms with van der Waals surface area (Å²) in [4.78, 5) is 19.3. The first-order chi connectivity index (χ1) is 10.1. The number of ketones is 1. The average molecular weight is 278 g/mol. The van der Waals surface area contributed by atoms with E-state index in [1.807, 2.05) is 26.1 Å². The van der Waals surface area contributed by atoms with Gasteiger partial charge in [0.2, 0.25) is 0 Å². The highest BCUT2D eigenvalue weighted by molar-refractivity contribution is 6.08. The Morgan fingerprint density at radius 3 is 2.81 bits per heavy atom. The molecule has 3 nitrogen and oxygen atoms in total. The van der Waals surface area contributed by atoms with Gasteiger partial charge < -0.3 is 4.98 Å². The lowest BCUT2D eigenvalue weighted by Gasteiger charge is -2.00. The lowest BCUT2D eigenvalue weighted by molar-refractivity contribution is -0.114. The molecule has 1 aromatic carbocycles. The predicted molar refractivity (Wildman–Crippen MR) is 87.4 cm³/mol. The molecule has 0 aliphatic rings. The number of carbonyl (C=O) groups excluding carboxylic acids is 1. The van der Waals surface area contributed by atoms with Gasteiger partial charge in [0.05, 0.1) is 5.52 Å². The van der Waals surface area contributed by atoms with Crippen LogP contribution >= 0.6 is 0 Å². The smallest absolute Gasteiger partial charge is 0.155 e. The summed E-state index contributed by atoms with van der Waals surface area (Å²) in [5.74, 6) is 0.143. The Labute approximate surface area is 123 Å². The molecule has 3 aromatic rings. The number of pyridine rings is 1. The second kappa shape index (κ2) is 5.17. The normalized spacial score (nSPS) is 11.8. The number of hydrogen-bond acceptors (Lipinski definition) is 2. The molecule has 0 bridgehead atoms. The Morgan fingerprint density at radius 1 is 1.24 bits per heavy atom. The van der Waals surface area contributed by atoms with Crippen molar-refractivity contribution in [3.8, 4) is 0 Å². The monoisotopic (exact) mass is 278 g/mol. The van der Waals surface area contributed by atoms with Crippen molar-refractivity contribution in [3.63, 3.8) is 0 Å². The average Bonchev–Trinajstić information content (AvgIpc) is 2.83. The predicted octanol–water partition coefficient (Wildman–Crippen LogP) is 4.33. The van der Waals surface area contributed by atoms with Crippen LogP contribution in [0.3, 0.4) is 0 Å². The maximum absolute atomic E-state index is 11.4. The molecule has 21 heavy (non-hydrogen) atoms. The molecule has 0 saturated carbocycles. The van der Waals surface area contributed by atoms with Crippen LogP contribution in [0.4, 0.5) is 0 Å². The van der Waals surface area contributed by atoms with Crippen LogP contribution in [0.25, 0.3) is 28.0 Å². The van der Waals surface area contributed by atoms with Crippen molar-refractivity contribution in [2.75, 3.05) is 0 Å². The topological polar surface area (TPSA) is 45.8 Å². The van der Waals surface area contributed by atoms with Gasteiger partial charge in [-0.3, -0.25) is 4.79 Å². The minimum absolute atomic E-state index is 0.143. The van der Waals surface area contributed by atoms with E-state index >= 15 is 0 Å². The summed E-state index contributed by atoms with van der Waals surface area (Å²) in [7, 11) is 0. The summed E-state index contributed by atoms with van der Waals surface area (Å²) in [6.45, 7) is 5.99. The minimum atomic E-state index is 0.143. The van der Waals surface area contributed by atoms with Gasteiger partial charge in [-0.1, -0.05) is 13.0 Å². The summed E-state index contributed by atoms with van der Waals surface area (Å²) in [6.07, 6.45) is 5.95. The lowest BCUT2D eigenvalue weighted by atomic mass is 10.0. The van der Waals surface area contributed by atoms with E-state index in [0.29, 0.717) is 6.42 Å². The molecule has 106 valence electrons. The van der Waals surface area contributed by atoms with E-state index < -0.39 is 0 Å². The third-order valence-corrected chi connectivity index (χ3v) is 3.73.